The van der Waals surface area contributed by atoms with Crippen molar-refractivity contribution >= 4 is 5.78 Å². The molecule has 19 heavy (non-hydrogen) atoms. The molecule has 1 saturated carbocycles. The van der Waals surface area contributed by atoms with Crippen molar-refractivity contribution in [3.05, 3.63) is 35.4 Å². The van der Waals surface area contributed by atoms with E-state index in [2.05, 4.69) is 30.9 Å². The van der Waals surface area contributed by atoms with Gasteiger partial charge in [0, 0.05) is 18.5 Å². The zero-order valence-electron chi connectivity index (χ0n) is 12.2. The number of carbonyl (C=O) groups is 1. The highest BCUT2D eigenvalue weighted by Crippen LogP contribution is 2.36. The molecule has 2 heteroatoms. The van der Waals surface area contributed by atoms with Gasteiger partial charge >= 0.3 is 0 Å². The van der Waals surface area contributed by atoms with Crippen molar-refractivity contribution in [1.29, 1.82) is 0 Å². The lowest BCUT2D eigenvalue weighted by atomic mass is 9.79. The van der Waals surface area contributed by atoms with Gasteiger partial charge in [-0.15, -0.1) is 0 Å². The van der Waals surface area contributed by atoms with Gasteiger partial charge in [0.15, 0.2) is 5.78 Å². The smallest absolute Gasteiger partial charge is 0.164 e. The fourth-order valence-electron chi connectivity index (χ4n) is 2.65. The Hall–Kier alpha value is -1.15. The van der Waals surface area contributed by atoms with E-state index >= 15 is 0 Å². The summed E-state index contributed by atoms with van der Waals surface area (Å²) in [6.45, 7) is 7.20. The predicted octanol–water partition coefficient (Wildman–Crippen LogP) is 3.87. The van der Waals surface area contributed by atoms with Gasteiger partial charge in [-0.05, 0) is 43.5 Å². The first-order valence-electron chi connectivity index (χ1n) is 7.60. The molecule has 1 aliphatic rings. The van der Waals surface area contributed by atoms with Crippen LogP contribution in [-0.2, 0) is 0 Å². The molecular formula is C17H25NO. The van der Waals surface area contributed by atoms with E-state index in [9.17, 15) is 4.79 Å². The summed E-state index contributed by atoms with van der Waals surface area (Å²) >= 11 is 0. The molecule has 0 heterocycles. The summed E-state index contributed by atoms with van der Waals surface area (Å²) in [5, 5.41) is 0. The van der Waals surface area contributed by atoms with E-state index in [0.29, 0.717) is 12.3 Å². The van der Waals surface area contributed by atoms with Gasteiger partial charge in [0.2, 0.25) is 0 Å². The van der Waals surface area contributed by atoms with Gasteiger partial charge in [-0.25, -0.2) is 0 Å². The summed E-state index contributed by atoms with van der Waals surface area (Å²) in [5.41, 5.74) is 2.26. The van der Waals surface area contributed by atoms with E-state index in [1.807, 2.05) is 12.1 Å². The zero-order chi connectivity index (χ0) is 13.7. The third-order valence-corrected chi connectivity index (χ3v) is 4.33. The fourth-order valence-corrected chi connectivity index (χ4v) is 2.65. The molecule has 1 aliphatic carbocycles. The lowest BCUT2D eigenvalue weighted by Gasteiger charge is -2.26. The largest absolute Gasteiger partial charge is 0.303 e. The van der Waals surface area contributed by atoms with Gasteiger partial charge < -0.3 is 4.90 Å². The summed E-state index contributed by atoms with van der Waals surface area (Å²) in [7, 11) is 0. The normalized spacial score (nSPS) is 15.5. The molecule has 2 rings (SSSR count). The first-order chi connectivity index (χ1) is 9.24. The maximum Gasteiger partial charge on any atom is 0.164 e. The van der Waals surface area contributed by atoms with Crippen molar-refractivity contribution in [3.8, 4) is 0 Å². The number of rotatable bonds is 7. The molecular weight excluding hydrogens is 234 g/mol. The molecule has 104 valence electrons. The molecule has 0 spiro atoms. The highest BCUT2D eigenvalue weighted by Gasteiger charge is 2.20. The fraction of sp³-hybridized carbons (Fsp3) is 0.588. The van der Waals surface area contributed by atoms with Crippen LogP contribution < -0.4 is 0 Å². The van der Waals surface area contributed by atoms with Crippen molar-refractivity contribution < 1.29 is 4.79 Å². The van der Waals surface area contributed by atoms with E-state index < -0.39 is 0 Å². The Bertz CT molecular complexity index is 419. The molecule has 2 nitrogen and oxygen atoms in total. The molecule has 0 bridgehead atoms. The van der Waals surface area contributed by atoms with Crippen LogP contribution in [0.2, 0.25) is 0 Å². The van der Waals surface area contributed by atoms with E-state index in [0.717, 1.165) is 25.2 Å². The van der Waals surface area contributed by atoms with Crippen LogP contribution in [0.4, 0.5) is 0 Å². The number of hydrogen-bond acceptors (Lipinski definition) is 2. The number of hydrogen-bond donors (Lipinski definition) is 0. The summed E-state index contributed by atoms with van der Waals surface area (Å²) in [4.78, 5) is 14.5. The Morgan fingerprint density at radius 2 is 2.00 bits per heavy atom. The average molecular weight is 259 g/mol. The van der Waals surface area contributed by atoms with Crippen LogP contribution in [0, 0.1) is 0 Å². The maximum absolute atomic E-state index is 12.2. The molecule has 0 N–H and O–H groups in total. The summed E-state index contributed by atoms with van der Waals surface area (Å²) in [5.74, 6) is 0.989. The maximum atomic E-state index is 12.2. The lowest BCUT2D eigenvalue weighted by molar-refractivity contribution is 0.0966. The summed E-state index contributed by atoms with van der Waals surface area (Å²) in [6.07, 6.45) is 4.55. The van der Waals surface area contributed by atoms with E-state index in [4.69, 9.17) is 0 Å². The van der Waals surface area contributed by atoms with Crippen LogP contribution in [0.5, 0.6) is 0 Å². The Labute approximate surface area is 116 Å². The molecule has 0 unspecified atom stereocenters. The average Bonchev–Trinajstić information content (AvgIpc) is 2.38. The molecule has 0 radical (unpaired) electrons. The highest BCUT2D eigenvalue weighted by molar-refractivity contribution is 5.96. The van der Waals surface area contributed by atoms with Crippen LogP contribution in [0.1, 0.15) is 61.4 Å². The molecule has 1 fully saturated rings. The van der Waals surface area contributed by atoms with Gasteiger partial charge in [-0.1, -0.05) is 38.5 Å². The van der Waals surface area contributed by atoms with Crippen LogP contribution >= 0.6 is 0 Å². The third-order valence-electron chi connectivity index (χ3n) is 4.33. The zero-order valence-corrected chi connectivity index (χ0v) is 12.2. The minimum atomic E-state index is 0.285. The lowest BCUT2D eigenvalue weighted by Crippen LogP contribution is -2.25. The summed E-state index contributed by atoms with van der Waals surface area (Å²) in [6, 6.07) is 8.30. The Morgan fingerprint density at radius 3 is 2.58 bits per heavy atom. The number of nitrogens with zero attached hydrogens (tertiary/aromatic N) is 1. The third kappa shape index (κ3) is 3.66. The topological polar surface area (TPSA) is 20.3 Å². The van der Waals surface area contributed by atoms with Crippen LogP contribution in [0.15, 0.2) is 24.3 Å². The number of Topliss-reactive ketones (excluding diaryl/α,β-unsaturated/α-hetero) is 1. The van der Waals surface area contributed by atoms with Crippen molar-refractivity contribution in [2.75, 3.05) is 19.6 Å². The molecule has 1 aromatic carbocycles. The van der Waals surface area contributed by atoms with Crippen molar-refractivity contribution in [1.82, 2.24) is 4.90 Å². The first-order valence-corrected chi connectivity index (χ1v) is 7.60. The molecule has 1 aromatic rings. The number of carbonyl (C=O) groups excluding carboxylic acids is 1. The van der Waals surface area contributed by atoms with Crippen molar-refractivity contribution in [3.63, 3.8) is 0 Å². The molecule has 0 saturated heterocycles. The van der Waals surface area contributed by atoms with Crippen molar-refractivity contribution in [2.45, 2.75) is 45.4 Å². The van der Waals surface area contributed by atoms with Crippen LogP contribution in [0.3, 0.4) is 0 Å². The van der Waals surface area contributed by atoms with E-state index in [1.165, 1.54) is 24.8 Å². The second-order valence-corrected chi connectivity index (χ2v) is 5.45. The molecule has 0 atom stereocenters. The number of ketones is 1. The minimum absolute atomic E-state index is 0.285. The quantitative estimate of drug-likeness (QED) is 0.693. The highest BCUT2D eigenvalue weighted by atomic mass is 16.1. The van der Waals surface area contributed by atoms with E-state index in [1.54, 1.807) is 0 Å². The molecule has 0 amide bonds. The Morgan fingerprint density at radius 1 is 1.26 bits per heavy atom. The van der Waals surface area contributed by atoms with Crippen LogP contribution in [0.25, 0.3) is 0 Å². The van der Waals surface area contributed by atoms with Gasteiger partial charge in [-0.2, -0.15) is 0 Å². The van der Waals surface area contributed by atoms with Gasteiger partial charge in [0.05, 0.1) is 0 Å². The van der Waals surface area contributed by atoms with E-state index in [-0.39, 0.29) is 5.78 Å². The Balaban J connectivity index is 1.94. The predicted molar refractivity (Wildman–Crippen MR) is 79.8 cm³/mol. The SMILES string of the molecule is CCN(CC)CCC(=O)c1cccc(C2CCC2)c1. The van der Waals surface area contributed by atoms with Crippen LogP contribution in [-0.4, -0.2) is 30.3 Å². The molecule has 0 aliphatic heterocycles. The van der Waals surface area contributed by atoms with Gasteiger partial charge in [0.1, 0.15) is 0 Å². The monoisotopic (exact) mass is 259 g/mol. The van der Waals surface area contributed by atoms with Crippen molar-refractivity contribution in [2.24, 2.45) is 0 Å². The number of benzene rings is 1. The second kappa shape index (κ2) is 6.85. The summed E-state index contributed by atoms with van der Waals surface area (Å²) < 4.78 is 0. The second-order valence-electron chi connectivity index (χ2n) is 5.45. The minimum Gasteiger partial charge on any atom is -0.303 e. The van der Waals surface area contributed by atoms with Gasteiger partial charge in [-0.3, -0.25) is 4.79 Å². The Kier molecular flexibility index (Phi) is 5.15. The standard InChI is InChI=1S/C17H25NO/c1-3-18(4-2)12-11-17(19)16-10-6-9-15(13-16)14-7-5-8-14/h6,9-10,13-14H,3-5,7-8,11-12H2,1-2H3. The first kappa shape index (κ1) is 14.3. The van der Waals surface area contributed by atoms with Gasteiger partial charge in [0.25, 0.3) is 0 Å². The molecule has 0 aromatic heterocycles.